The van der Waals surface area contributed by atoms with Gasteiger partial charge in [0.1, 0.15) is 11.3 Å². The molecule has 0 saturated carbocycles. The van der Waals surface area contributed by atoms with Gasteiger partial charge in [-0.3, -0.25) is 4.57 Å². The molecule has 0 aliphatic carbocycles. The molecule has 0 bridgehead atoms. The van der Waals surface area contributed by atoms with Crippen molar-refractivity contribution in [3.8, 4) is 11.4 Å². The third-order valence-electron chi connectivity index (χ3n) is 3.35. The second-order valence-corrected chi connectivity index (χ2v) is 4.58. The average Bonchev–Trinajstić information content (AvgIpc) is 2.95. The minimum Gasteiger partial charge on any atom is -0.497 e. The summed E-state index contributed by atoms with van der Waals surface area (Å²) < 4.78 is 9.08. The molecule has 2 heterocycles. The van der Waals surface area contributed by atoms with Gasteiger partial charge in [0, 0.05) is 12.6 Å². The van der Waals surface area contributed by atoms with Gasteiger partial charge in [0.25, 0.3) is 0 Å². The summed E-state index contributed by atoms with van der Waals surface area (Å²) in [5, 5.41) is 4.48. The van der Waals surface area contributed by atoms with E-state index in [-0.39, 0.29) is 0 Å². The number of hydrogen-bond acceptors (Lipinski definition) is 4. The summed E-state index contributed by atoms with van der Waals surface area (Å²) in [4.78, 5) is 4.43. The number of nitrogen functional groups attached to an aromatic ring is 1. The number of hydrogen-bond donors (Lipinski definition) is 1. The zero-order valence-electron chi connectivity index (χ0n) is 11.8. The second-order valence-electron chi connectivity index (χ2n) is 4.58. The van der Waals surface area contributed by atoms with Crippen LogP contribution in [0.4, 0.5) is 5.95 Å². The molecule has 3 aromatic rings. The summed E-state index contributed by atoms with van der Waals surface area (Å²) in [6, 6.07) is 7.73. The number of nitrogens with two attached hydrogens (primary N) is 1. The molecule has 0 saturated heterocycles. The summed E-state index contributed by atoms with van der Waals surface area (Å²) in [5.41, 5.74) is 9.64. The molecule has 0 unspecified atom stereocenters. The van der Waals surface area contributed by atoms with Crippen molar-refractivity contribution in [3.05, 3.63) is 30.0 Å². The number of ether oxygens (including phenoxy) is 1. The van der Waals surface area contributed by atoms with E-state index in [1.807, 2.05) is 47.4 Å². The molecule has 3 rings (SSSR count). The Kier molecular flexibility index (Phi) is 2.85. The predicted octanol–water partition coefficient (Wildman–Crippen LogP) is 2.14. The quantitative estimate of drug-likeness (QED) is 0.792. The molecule has 20 heavy (non-hydrogen) atoms. The van der Waals surface area contributed by atoms with Crippen molar-refractivity contribution in [3.63, 3.8) is 0 Å². The molecule has 0 fully saturated rings. The van der Waals surface area contributed by atoms with Gasteiger partial charge in [-0.25, -0.2) is 9.67 Å². The lowest BCUT2D eigenvalue weighted by atomic mass is 10.3. The highest BCUT2D eigenvalue weighted by molar-refractivity contribution is 5.80. The highest BCUT2D eigenvalue weighted by Gasteiger charge is 2.17. The first-order chi connectivity index (χ1) is 9.65. The van der Waals surface area contributed by atoms with E-state index in [0.717, 1.165) is 34.8 Å². The van der Waals surface area contributed by atoms with Crippen molar-refractivity contribution >= 4 is 17.1 Å². The van der Waals surface area contributed by atoms with Crippen LogP contribution in [-0.4, -0.2) is 26.4 Å². The topological polar surface area (TPSA) is 70.9 Å². The number of methoxy groups -OCH3 is 1. The molecule has 2 aromatic heterocycles. The number of anilines is 1. The van der Waals surface area contributed by atoms with E-state index in [1.54, 1.807) is 7.11 Å². The van der Waals surface area contributed by atoms with Gasteiger partial charge in [0.15, 0.2) is 5.65 Å². The molecule has 0 aliphatic rings. The largest absolute Gasteiger partial charge is 0.497 e. The Morgan fingerprint density at radius 1 is 1.35 bits per heavy atom. The lowest BCUT2D eigenvalue weighted by Gasteiger charge is -2.09. The smallest absolute Gasteiger partial charge is 0.207 e. The van der Waals surface area contributed by atoms with Crippen molar-refractivity contribution in [1.82, 2.24) is 19.3 Å². The van der Waals surface area contributed by atoms with Crippen LogP contribution in [0.1, 0.15) is 12.6 Å². The second kappa shape index (κ2) is 4.56. The van der Waals surface area contributed by atoms with Gasteiger partial charge >= 0.3 is 0 Å². The maximum Gasteiger partial charge on any atom is 0.207 e. The van der Waals surface area contributed by atoms with E-state index in [2.05, 4.69) is 10.1 Å². The van der Waals surface area contributed by atoms with Crippen LogP contribution < -0.4 is 10.5 Å². The number of aryl methyl sites for hydroxylation is 2. The van der Waals surface area contributed by atoms with Crippen LogP contribution in [0, 0.1) is 6.92 Å². The fourth-order valence-electron chi connectivity index (χ4n) is 2.41. The molecule has 104 valence electrons. The fraction of sp³-hybridized carbons (Fsp3) is 0.286. The van der Waals surface area contributed by atoms with Crippen molar-refractivity contribution in [2.75, 3.05) is 12.8 Å². The first-order valence-electron chi connectivity index (χ1n) is 6.51. The Bertz CT molecular complexity index is 771. The van der Waals surface area contributed by atoms with Gasteiger partial charge in [-0.15, -0.1) is 0 Å². The van der Waals surface area contributed by atoms with Crippen molar-refractivity contribution in [2.45, 2.75) is 20.4 Å². The van der Waals surface area contributed by atoms with Crippen LogP contribution in [0.2, 0.25) is 0 Å². The minimum absolute atomic E-state index is 0.455. The molecule has 1 aromatic carbocycles. The van der Waals surface area contributed by atoms with Crippen LogP contribution in [0.5, 0.6) is 5.75 Å². The minimum atomic E-state index is 0.455. The SMILES string of the molecule is CCn1nc(C)c2nc(N)n(-c3cccc(OC)c3)c21. The highest BCUT2D eigenvalue weighted by atomic mass is 16.5. The number of fused-ring (bicyclic) bond motifs is 1. The number of rotatable bonds is 3. The lowest BCUT2D eigenvalue weighted by Crippen LogP contribution is -2.06. The van der Waals surface area contributed by atoms with Gasteiger partial charge in [-0.1, -0.05) is 6.07 Å². The normalized spacial score (nSPS) is 11.2. The molecule has 2 N–H and O–H groups in total. The number of nitrogens with zero attached hydrogens (tertiary/aromatic N) is 4. The van der Waals surface area contributed by atoms with E-state index in [4.69, 9.17) is 10.5 Å². The Balaban J connectivity index is 2.31. The maximum absolute atomic E-state index is 6.08. The number of imidazole rings is 1. The van der Waals surface area contributed by atoms with Gasteiger partial charge in [-0.2, -0.15) is 5.10 Å². The fourth-order valence-corrected chi connectivity index (χ4v) is 2.41. The van der Waals surface area contributed by atoms with Crippen LogP contribution in [0.25, 0.3) is 16.9 Å². The first kappa shape index (κ1) is 12.5. The van der Waals surface area contributed by atoms with Crippen molar-refractivity contribution in [1.29, 1.82) is 0 Å². The molecule has 6 heteroatoms. The summed E-state index contributed by atoms with van der Waals surface area (Å²) in [7, 11) is 1.65. The van der Waals surface area contributed by atoms with E-state index in [1.165, 1.54) is 0 Å². The average molecular weight is 271 g/mol. The predicted molar refractivity (Wildman–Crippen MR) is 78.2 cm³/mol. The molecular weight excluding hydrogens is 254 g/mol. The van der Waals surface area contributed by atoms with E-state index >= 15 is 0 Å². The third kappa shape index (κ3) is 1.72. The summed E-state index contributed by atoms with van der Waals surface area (Å²) in [6.07, 6.45) is 0. The Morgan fingerprint density at radius 3 is 2.85 bits per heavy atom. The monoisotopic (exact) mass is 271 g/mol. The molecule has 0 aliphatic heterocycles. The van der Waals surface area contributed by atoms with Gasteiger partial charge in [-0.05, 0) is 26.0 Å². The van der Waals surface area contributed by atoms with Crippen LogP contribution in [-0.2, 0) is 6.54 Å². The summed E-state index contributed by atoms with van der Waals surface area (Å²) in [6.45, 7) is 4.75. The van der Waals surface area contributed by atoms with Crippen molar-refractivity contribution < 1.29 is 4.74 Å². The van der Waals surface area contributed by atoms with Crippen molar-refractivity contribution in [2.24, 2.45) is 0 Å². The van der Waals surface area contributed by atoms with E-state index in [9.17, 15) is 0 Å². The molecular formula is C14H17N5O. The van der Waals surface area contributed by atoms with Crippen LogP contribution >= 0.6 is 0 Å². The van der Waals surface area contributed by atoms with Gasteiger partial charge in [0.05, 0.1) is 18.5 Å². The number of benzene rings is 1. The molecule has 6 nitrogen and oxygen atoms in total. The molecule has 0 radical (unpaired) electrons. The van der Waals surface area contributed by atoms with E-state index < -0.39 is 0 Å². The first-order valence-corrected chi connectivity index (χ1v) is 6.51. The zero-order chi connectivity index (χ0) is 14.3. The zero-order valence-corrected chi connectivity index (χ0v) is 11.8. The standard InChI is InChI=1S/C14H17N5O/c1-4-18-13-12(9(2)17-18)16-14(15)19(13)10-6-5-7-11(8-10)20-3/h5-8H,4H2,1-3H3,(H2,15,16). The Morgan fingerprint density at radius 2 is 2.15 bits per heavy atom. The highest BCUT2D eigenvalue weighted by Crippen LogP contribution is 2.27. The van der Waals surface area contributed by atoms with Crippen LogP contribution in [0.3, 0.4) is 0 Å². The maximum atomic E-state index is 6.08. The van der Waals surface area contributed by atoms with Gasteiger partial charge in [0.2, 0.25) is 5.95 Å². The Hall–Kier alpha value is -2.50. The number of aromatic nitrogens is 4. The molecule has 0 atom stereocenters. The molecule has 0 spiro atoms. The third-order valence-corrected chi connectivity index (χ3v) is 3.35. The lowest BCUT2D eigenvalue weighted by molar-refractivity contribution is 0.414. The molecule has 0 amide bonds. The van der Waals surface area contributed by atoms with Gasteiger partial charge < -0.3 is 10.5 Å². The summed E-state index contributed by atoms with van der Waals surface area (Å²) >= 11 is 0. The Labute approximate surface area is 116 Å². The van der Waals surface area contributed by atoms with Crippen LogP contribution in [0.15, 0.2) is 24.3 Å². The van der Waals surface area contributed by atoms with E-state index in [0.29, 0.717) is 5.95 Å². The summed E-state index contributed by atoms with van der Waals surface area (Å²) in [5.74, 6) is 1.24.